The van der Waals surface area contributed by atoms with Crippen LogP contribution in [0.4, 0.5) is 0 Å². The van der Waals surface area contributed by atoms with Gasteiger partial charge < -0.3 is 5.11 Å². The van der Waals surface area contributed by atoms with Crippen LogP contribution in [0, 0.1) is 6.92 Å². The Morgan fingerprint density at radius 1 is 0.947 bits per heavy atom. The van der Waals surface area contributed by atoms with E-state index in [0.29, 0.717) is 5.92 Å². The molecule has 0 spiro atoms. The summed E-state index contributed by atoms with van der Waals surface area (Å²) in [5.74, 6) is 0.648. The van der Waals surface area contributed by atoms with Crippen LogP contribution >= 0.6 is 0 Å². The SMILES string of the molecule is Cc1ccccc1C(O)c1ccccc1C1CCC1. The molecule has 1 saturated carbocycles. The Kier molecular flexibility index (Phi) is 3.39. The summed E-state index contributed by atoms with van der Waals surface area (Å²) in [5.41, 5.74) is 4.60. The van der Waals surface area contributed by atoms with E-state index in [1.165, 1.54) is 24.8 Å². The third-order valence-corrected chi connectivity index (χ3v) is 4.32. The van der Waals surface area contributed by atoms with Crippen LogP contribution in [-0.4, -0.2) is 5.11 Å². The minimum Gasteiger partial charge on any atom is -0.384 e. The van der Waals surface area contributed by atoms with E-state index in [2.05, 4.69) is 31.2 Å². The molecule has 1 heteroatoms. The van der Waals surface area contributed by atoms with Crippen LogP contribution in [0.15, 0.2) is 48.5 Å². The third-order valence-electron chi connectivity index (χ3n) is 4.32. The Balaban J connectivity index is 2.00. The van der Waals surface area contributed by atoms with Gasteiger partial charge in [0.25, 0.3) is 0 Å². The predicted molar refractivity (Wildman–Crippen MR) is 78.3 cm³/mol. The predicted octanol–water partition coefficient (Wildman–Crippen LogP) is 4.34. The average molecular weight is 252 g/mol. The van der Waals surface area contributed by atoms with Crippen molar-refractivity contribution in [1.29, 1.82) is 0 Å². The van der Waals surface area contributed by atoms with E-state index < -0.39 is 6.10 Å². The molecule has 2 aromatic carbocycles. The molecule has 1 nitrogen and oxygen atoms in total. The van der Waals surface area contributed by atoms with Crippen LogP contribution < -0.4 is 0 Å². The molecule has 0 radical (unpaired) electrons. The maximum atomic E-state index is 10.7. The summed E-state index contributed by atoms with van der Waals surface area (Å²) in [6.07, 6.45) is 3.34. The maximum Gasteiger partial charge on any atom is 0.105 e. The zero-order valence-corrected chi connectivity index (χ0v) is 11.3. The summed E-state index contributed by atoms with van der Waals surface area (Å²) in [4.78, 5) is 0. The first-order valence-electron chi connectivity index (χ1n) is 7.10. The highest BCUT2D eigenvalue weighted by atomic mass is 16.3. The largest absolute Gasteiger partial charge is 0.384 e. The van der Waals surface area contributed by atoms with Crippen molar-refractivity contribution < 1.29 is 5.11 Å². The number of aryl methyl sites for hydroxylation is 1. The summed E-state index contributed by atoms with van der Waals surface area (Å²) in [5, 5.41) is 10.7. The lowest BCUT2D eigenvalue weighted by Gasteiger charge is -2.29. The van der Waals surface area contributed by atoms with Gasteiger partial charge in [0.1, 0.15) is 6.10 Å². The van der Waals surface area contributed by atoms with Gasteiger partial charge in [-0.25, -0.2) is 0 Å². The molecular weight excluding hydrogens is 232 g/mol. The Labute approximate surface area is 114 Å². The van der Waals surface area contributed by atoms with Crippen LogP contribution in [0.1, 0.15) is 53.5 Å². The first-order chi connectivity index (χ1) is 9.27. The van der Waals surface area contributed by atoms with E-state index in [9.17, 15) is 5.11 Å². The van der Waals surface area contributed by atoms with Crippen LogP contribution in [0.5, 0.6) is 0 Å². The first-order valence-corrected chi connectivity index (χ1v) is 7.10. The molecule has 0 bridgehead atoms. The second-order valence-electron chi connectivity index (χ2n) is 5.52. The molecule has 98 valence electrons. The Bertz CT molecular complexity index is 569. The van der Waals surface area contributed by atoms with Crippen LogP contribution in [-0.2, 0) is 0 Å². The van der Waals surface area contributed by atoms with Crippen molar-refractivity contribution in [2.75, 3.05) is 0 Å². The summed E-state index contributed by atoms with van der Waals surface area (Å²) < 4.78 is 0. The van der Waals surface area contributed by atoms with Gasteiger partial charge in [-0.2, -0.15) is 0 Å². The van der Waals surface area contributed by atoms with Gasteiger partial charge in [0, 0.05) is 0 Å². The number of aliphatic hydroxyl groups is 1. The van der Waals surface area contributed by atoms with Crippen LogP contribution in [0.3, 0.4) is 0 Å². The topological polar surface area (TPSA) is 20.2 Å². The molecule has 2 aromatic rings. The van der Waals surface area contributed by atoms with Crippen molar-refractivity contribution in [2.24, 2.45) is 0 Å². The fraction of sp³-hybridized carbons (Fsp3) is 0.333. The van der Waals surface area contributed by atoms with Gasteiger partial charge in [-0.3, -0.25) is 0 Å². The summed E-state index contributed by atoms with van der Waals surface area (Å²) in [7, 11) is 0. The average Bonchev–Trinajstić information content (AvgIpc) is 2.37. The third kappa shape index (κ3) is 2.31. The molecule has 1 unspecified atom stereocenters. The van der Waals surface area contributed by atoms with E-state index in [1.54, 1.807) is 0 Å². The fourth-order valence-electron chi connectivity index (χ4n) is 2.91. The molecule has 1 aliphatic rings. The van der Waals surface area contributed by atoms with E-state index in [0.717, 1.165) is 16.7 Å². The monoisotopic (exact) mass is 252 g/mol. The molecule has 0 aliphatic heterocycles. The molecule has 19 heavy (non-hydrogen) atoms. The Morgan fingerprint density at radius 3 is 2.21 bits per heavy atom. The standard InChI is InChI=1S/C18H20O/c1-13-7-2-3-10-15(13)18(19)17-12-5-4-11-16(17)14-8-6-9-14/h2-5,7,10-12,14,18-19H,6,8-9H2,1H3. The maximum absolute atomic E-state index is 10.7. The number of benzene rings is 2. The highest BCUT2D eigenvalue weighted by Gasteiger charge is 2.25. The molecule has 1 N–H and O–H groups in total. The number of aliphatic hydroxyl groups excluding tert-OH is 1. The molecule has 0 aromatic heterocycles. The smallest absolute Gasteiger partial charge is 0.105 e. The van der Waals surface area contributed by atoms with Crippen molar-refractivity contribution in [3.05, 3.63) is 70.8 Å². The van der Waals surface area contributed by atoms with Crippen molar-refractivity contribution in [3.63, 3.8) is 0 Å². The molecule has 3 rings (SSSR count). The molecule has 0 heterocycles. The van der Waals surface area contributed by atoms with E-state index >= 15 is 0 Å². The normalized spacial score (nSPS) is 16.9. The van der Waals surface area contributed by atoms with Gasteiger partial charge in [-0.05, 0) is 47.9 Å². The van der Waals surface area contributed by atoms with Crippen LogP contribution in [0.25, 0.3) is 0 Å². The highest BCUT2D eigenvalue weighted by Crippen LogP contribution is 2.40. The van der Waals surface area contributed by atoms with Gasteiger partial charge in [0.2, 0.25) is 0 Å². The van der Waals surface area contributed by atoms with Gasteiger partial charge >= 0.3 is 0 Å². The number of rotatable bonds is 3. The molecule has 0 amide bonds. The van der Waals surface area contributed by atoms with Crippen molar-refractivity contribution in [2.45, 2.75) is 38.2 Å². The van der Waals surface area contributed by atoms with E-state index in [-0.39, 0.29) is 0 Å². The van der Waals surface area contributed by atoms with Gasteiger partial charge in [-0.1, -0.05) is 55.0 Å². The molecule has 1 fully saturated rings. The highest BCUT2D eigenvalue weighted by molar-refractivity contribution is 5.41. The zero-order valence-electron chi connectivity index (χ0n) is 11.3. The molecule has 1 atom stereocenters. The summed E-state index contributed by atoms with van der Waals surface area (Å²) in [6, 6.07) is 16.5. The lowest BCUT2D eigenvalue weighted by molar-refractivity contribution is 0.216. The first kappa shape index (κ1) is 12.4. The number of hydrogen-bond acceptors (Lipinski definition) is 1. The van der Waals surface area contributed by atoms with Crippen LogP contribution in [0.2, 0.25) is 0 Å². The molecule has 1 aliphatic carbocycles. The van der Waals surface area contributed by atoms with Crippen molar-refractivity contribution in [1.82, 2.24) is 0 Å². The quantitative estimate of drug-likeness (QED) is 0.861. The minimum atomic E-state index is -0.502. The lowest BCUT2D eigenvalue weighted by Crippen LogP contribution is -2.14. The van der Waals surface area contributed by atoms with E-state index in [4.69, 9.17) is 0 Å². The Morgan fingerprint density at radius 2 is 1.58 bits per heavy atom. The number of hydrogen-bond donors (Lipinski definition) is 1. The van der Waals surface area contributed by atoms with E-state index in [1.807, 2.05) is 24.3 Å². The minimum absolute atomic E-state index is 0.502. The molecule has 0 saturated heterocycles. The summed E-state index contributed by atoms with van der Waals surface area (Å²) >= 11 is 0. The van der Waals surface area contributed by atoms with Gasteiger partial charge in [-0.15, -0.1) is 0 Å². The summed E-state index contributed by atoms with van der Waals surface area (Å²) in [6.45, 7) is 2.06. The second kappa shape index (κ2) is 5.18. The second-order valence-corrected chi connectivity index (χ2v) is 5.52. The molecular formula is C18H20O. The lowest BCUT2D eigenvalue weighted by atomic mass is 9.77. The fourth-order valence-corrected chi connectivity index (χ4v) is 2.91. The Hall–Kier alpha value is -1.60. The van der Waals surface area contributed by atoms with Crippen molar-refractivity contribution in [3.8, 4) is 0 Å². The van der Waals surface area contributed by atoms with Gasteiger partial charge in [0.05, 0.1) is 0 Å². The van der Waals surface area contributed by atoms with Gasteiger partial charge in [0.15, 0.2) is 0 Å². The zero-order chi connectivity index (χ0) is 13.2. The van der Waals surface area contributed by atoms with Crippen molar-refractivity contribution >= 4 is 0 Å².